The number of H-pyrrole nitrogens is 1. The summed E-state index contributed by atoms with van der Waals surface area (Å²) in [7, 11) is 0. The van der Waals surface area contributed by atoms with Gasteiger partial charge in [-0.25, -0.2) is 0 Å². The van der Waals surface area contributed by atoms with Gasteiger partial charge in [0.1, 0.15) is 5.56 Å². The molecule has 2 aromatic heterocycles. The van der Waals surface area contributed by atoms with Crippen LogP contribution in [0.1, 0.15) is 26.4 Å². The number of pyridine rings is 2. The molecule has 0 radical (unpaired) electrons. The molecule has 0 fully saturated rings. The lowest BCUT2D eigenvalue weighted by molar-refractivity contribution is 0.0846. The van der Waals surface area contributed by atoms with E-state index in [1.807, 2.05) is 6.07 Å². The number of hydrazine groups is 1. The summed E-state index contributed by atoms with van der Waals surface area (Å²) in [5.74, 6) is -1.18. The lowest BCUT2D eigenvalue weighted by atomic mass is 10.1. The average molecular weight is 322 g/mol. The highest BCUT2D eigenvalue weighted by molar-refractivity contribution is 6.07. The number of aromatic amines is 1. The van der Waals surface area contributed by atoms with E-state index in [-0.39, 0.29) is 5.56 Å². The maximum absolute atomic E-state index is 12.4. The molecule has 0 bridgehead atoms. The Morgan fingerprint density at radius 2 is 1.71 bits per heavy atom. The van der Waals surface area contributed by atoms with Gasteiger partial charge < -0.3 is 4.98 Å². The standard InChI is InChI=1S/C17H14N4O3/c1-10-9-13(11-5-2-3-7-14(11)19-10)17(24)21-20-16(23)12-6-4-8-18-15(12)22/h2-9H,1H3,(H,18,22)(H,20,23)(H,21,24). The molecule has 2 amide bonds. The predicted molar refractivity (Wildman–Crippen MR) is 88.5 cm³/mol. The Hall–Kier alpha value is -3.48. The van der Waals surface area contributed by atoms with Gasteiger partial charge in [-0.3, -0.25) is 30.2 Å². The van der Waals surface area contributed by atoms with E-state index in [0.717, 1.165) is 0 Å². The smallest absolute Gasteiger partial charge is 0.275 e. The molecule has 0 saturated carbocycles. The zero-order chi connectivity index (χ0) is 17.1. The summed E-state index contributed by atoms with van der Waals surface area (Å²) in [6.07, 6.45) is 1.42. The Balaban J connectivity index is 1.82. The molecule has 7 heteroatoms. The van der Waals surface area contributed by atoms with E-state index in [9.17, 15) is 14.4 Å². The largest absolute Gasteiger partial charge is 0.328 e. The van der Waals surface area contributed by atoms with E-state index < -0.39 is 17.4 Å². The van der Waals surface area contributed by atoms with Gasteiger partial charge in [0.05, 0.1) is 11.1 Å². The van der Waals surface area contributed by atoms with Gasteiger partial charge in [-0.05, 0) is 31.2 Å². The average Bonchev–Trinajstić information content (AvgIpc) is 2.59. The number of aryl methyl sites for hydroxylation is 1. The van der Waals surface area contributed by atoms with Crippen LogP contribution in [0.3, 0.4) is 0 Å². The first-order chi connectivity index (χ1) is 11.6. The van der Waals surface area contributed by atoms with Crippen molar-refractivity contribution in [3.8, 4) is 0 Å². The summed E-state index contributed by atoms with van der Waals surface area (Å²) in [4.78, 5) is 42.7. The number of fused-ring (bicyclic) bond motifs is 1. The minimum absolute atomic E-state index is 0.0893. The van der Waals surface area contributed by atoms with Crippen molar-refractivity contribution in [3.63, 3.8) is 0 Å². The molecule has 0 aliphatic rings. The Bertz CT molecular complexity index is 994. The van der Waals surface area contributed by atoms with Gasteiger partial charge in [0, 0.05) is 17.3 Å². The maximum Gasteiger partial charge on any atom is 0.275 e. The summed E-state index contributed by atoms with van der Waals surface area (Å²) >= 11 is 0. The number of aromatic nitrogens is 2. The first-order valence-corrected chi connectivity index (χ1v) is 7.21. The zero-order valence-corrected chi connectivity index (χ0v) is 12.8. The van der Waals surface area contributed by atoms with Crippen LogP contribution in [-0.2, 0) is 0 Å². The van der Waals surface area contributed by atoms with Crippen LogP contribution in [0.15, 0.2) is 53.5 Å². The first kappa shape index (κ1) is 15.4. The van der Waals surface area contributed by atoms with Gasteiger partial charge >= 0.3 is 0 Å². The van der Waals surface area contributed by atoms with Crippen molar-refractivity contribution in [1.29, 1.82) is 0 Å². The molecule has 0 unspecified atom stereocenters. The van der Waals surface area contributed by atoms with Gasteiger partial charge in [-0.15, -0.1) is 0 Å². The SMILES string of the molecule is Cc1cc(C(=O)NNC(=O)c2ccc[nH]c2=O)c2ccccc2n1. The van der Waals surface area contributed by atoms with E-state index in [1.165, 1.54) is 18.3 Å². The molecule has 0 aliphatic heterocycles. The molecule has 0 atom stereocenters. The molecule has 0 saturated heterocycles. The molecular formula is C17H14N4O3. The highest BCUT2D eigenvalue weighted by Crippen LogP contribution is 2.17. The second-order valence-corrected chi connectivity index (χ2v) is 5.15. The van der Waals surface area contributed by atoms with Crippen molar-refractivity contribution in [1.82, 2.24) is 20.8 Å². The maximum atomic E-state index is 12.4. The third-order valence-electron chi connectivity index (χ3n) is 3.44. The van der Waals surface area contributed by atoms with E-state index in [4.69, 9.17) is 0 Å². The Kier molecular flexibility index (Phi) is 4.07. The number of benzene rings is 1. The Morgan fingerprint density at radius 3 is 2.46 bits per heavy atom. The van der Waals surface area contributed by atoms with Crippen LogP contribution < -0.4 is 16.4 Å². The highest BCUT2D eigenvalue weighted by Gasteiger charge is 2.14. The number of carbonyl (C=O) groups is 2. The second kappa shape index (κ2) is 6.33. The Labute approximate surface area is 136 Å². The second-order valence-electron chi connectivity index (χ2n) is 5.15. The normalized spacial score (nSPS) is 10.4. The van der Waals surface area contributed by atoms with Crippen LogP contribution in [0.4, 0.5) is 0 Å². The van der Waals surface area contributed by atoms with Crippen molar-refractivity contribution < 1.29 is 9.59 Å². The number of para-hydroxylation sites is 1. The highest BCUT2D eigenvalue weighted by atomic mass is 16.2. The van der Waals surface area contributed by atoms with Crippen LogP contribution in [0.5, 0.6) is 0 Å². The topological polar surface area (TPSA) is 104 Å². The quantitative estimate of drug-likeness (QED) is 0.619. The molecule has 0 aliphatic carbocycles. The number of nitrogens with one attached hydrogen (secondary N) is 3. The minimum Gasteiger partial charge on any atom is -0.328 e. The van der Waals surface area contributed by atoms with Crippen LogP contribution in [0, 0.1) is 6.92 Å². The summed E-state index contributed by atoms with van der Waals surface area (Å²) in [5, 5.41) is 0.674. The molecule has 1 aromatic carbocycles. The Morgan fingerprint density at radius 1 is 1.00 bits per heavy atom. The van der Waals surface area contributed by atoms with E-state index in [1.54, 1.807) is 31.2 Å². The van der Waals surface area contributed by atoms with Crippen LogP contribution in [0.2, 0.25) is 0 Å². The van der Waals surface area contributed by atoms with Gasteiger partial charge in [-0.2, -0.15) is 0 Å². The molecule has 3 aromatic rings. The van der Waals surface area contributed by atoms with Crippen molar-refractivity contribution in [3.05, 3.63) is 75.8 Å². The van der Waals surface area contributed by atoms with E-state index in [2.05, 4.69) is 20.8 Å². The number of amides is 2. The van der Waals surface area contributed by atoms with Gasteiger partial charge in [-0.1, -0.05) is 18.2 Å². The molecule has 2 heterocycles. The van der Waals surface area contributed by atoms with Crippen LogP contribution >= 0.6 is 0 Å². The van der Waals surface area contributed by atoms with Crippen molar-refractivity contribution in [2.75, 3.05) is 0 Å². The number of carbonyl (C=O) groups excluding carboxylic acids is 2. The number of hydrogen-bond donors (Lipinski definition) is 3. The molecular weight excluding hydrogens is 308 g/mol. The number of hydrogen-bond acceptors (Lipinski definition) is 4. The molecule has 0 spiro atoms. The zero-order valence-electron chi connectivity index (χ0n) is 12.8. The monoisotopic (exact) mass is 322 g/mol. The summed E-state index contributed by atoms with van der Waals surface area (Å²) in [5.41, 5.74) is 5.71. The van der Waals surface area contributed by atoms with Crippen molar-refractivity contribution in [2.45, 2.75) is 6.92 Å². The first-order valence-electron chi connectivity index (χ1n) is 7.21. The van der Waals surface area contributed by atoms with Crippen molar-refractivity contribution in [2.24, 2.45) is 0 Å². The molecule has 7 nitrogen and oxygen atoms in total. The predicted octanol–water partition coefficient (Wildman–Crippen LogP) is 1.31. The molecule has 120 valence electrons. The van der Waals surface area contributed by atoms with Crippen molar-refractivity contribution >= 4 is 22.7 Å². The van der Waals surface area contributed by atoms with E-state index in [0.29, 0.717) is 22.2 Å². The van der Waals surface area contributed by atoms with Gasteiger partial charge in [0.2, 0.25) is 0 Å². The molecule has 3 N–H and O–H groups in total. The van der Waals surface area contributed by atoms with Gasteiger partial charge in [0.15, 0.2) is 0 Å². The summed E-state index contributed by atoms with van der Waals surface area (Å²) in [6.45, 7) is 1.78. The fourth-order valence-electron chi connectivity index (χ4n) is 2.34. The number of rotatable bonds is 2. The lowest BCUT2D eigenvalue weighted by Crippen LogP contribution is -2.43. The number of nitrogens with zero attached hydrogens (tertiary/aromatic N) is 1. The fraction of sp³-hybridized carbons (Fsp3) is 0.0588. The summed E-state index contributed by atoms with van der Waals surface area (Å²) in [6, 6.07) is 11.8. The van der Waals surface area contributed by atoms with Crippen LogP contribution in [0.25, 0.3) is 10.9 Å². The van der Waals surface area contributed by atoms with E-state index >= 15 is 0 Å². The lowest BCUT2D eigenvalue weighted by Gasteiger charge is -2.10. The third kappa shape index (κ3) is 3.00. The van der Waals surface area contributed by atoms with Gasteiger partial charge in [0.25, 0.3) is 17.4 Å². The summed E-state index contributed by atoms with van der Waals surface area (Å²) < 4.78 is 0. The fourth-order valence-corrected chi connectivity index (χ4v) is 2.34. The molecule has 3 rings (SSSR count). The third-order valence-corrected chi connectivity index (χ3v) is 3.44. The molecule has 24 heavy (non-hydrogen) atoms. The minimum atomic E-state index is -0.694. The van der Waals surface area contributed by atoms with Crippen LogP contribution in [-0.4, -0.2) is 21.8 Å².